The zero-order valence-electron chi connectivity index (χ0n) is 13.3. The molecule has 0 fully saturated rings. The average Bonchev–Trinajstić information content (AvgIpc) is 3.41. The number of ether oxygens (including phenoxy) is 1. The lowest BCUT2D eigenvalue weighted by molar-refractivity contribution is 0.0478. The summed E-state index contributed by atoms with van der Waals surface area (Å²) in [6, 6.07) is 5.57. The molecule has 0 atom stereocenters. The van der Waals surface area contributed by atoms with Crippen molar-refractivity contribution in [2.45, 2.75) is 6.61 Å². The quantitative estimate of drug-likeness (QED) is 0.445. The SMILES string of the molecule is O=C(OCc1ccc(-n2ccnc2)nc1)c1cc2c(nc3sccn32)s1. The highest BCUT2D eigenvalue weighted by molar-refractivity contribution is 7.21. The van der Waals surface area contributed by atoms with Gasteiger partial charge in [0.05, 0.1) is 5.52 Å². The summed E-state index contributed by atoms with van der Waals surface area (Å²) >= 11 is 2.92. The standard InChI is InChI=1S/C17H11N5O2S2/c23-16(13-7-12-15(26-13)20-17-22(12)5-6-25-17)24-9-11-1-2-14(19-8-11)21-4-3-18-10-21/h1-8,10H,9H2. The smallest absolute Gasteiger partial charge is 0.348 e. The highest BCUT2D eigenvalue weighted by atomic mass is 32.1. The van der Waals surface area contributed by atoms with Crippen LogP contribution in [-0.2, 0) is 11.3 Å². The molecule has 0 aromatic carbocycles. The summed E-state index contributed by atoms with van der Waals surface area (Å²) in [4.78, 5) is 27.5. The van der Waals surface area contributed by atoms with E-state index in [-0.39, 0.29) is 12.6 Å². The average molecular weight is 381 g/mol. The van der Waals surface area contributed by atoms with Crippen LogP contribution in [0.1, 0.15) is 15.2 Å². The lowest BCUT2D eigenvalue weighted by Crippen LogP contribution is -2.04. The third-order valence-electron chi connectivity index (χ3n) is 3.89. The van der Waals surface area contributed by atoms with Gasteiger partial charge in [0, 0.05) is 35.7 Å². The van der Waals surface area contributed by atoms with Gasteiger partial charge >= 0.3 is 5.97 Å². The van der Waals surface area contributed by atoms with Crippen molar-refractivity contribution in [2.24, 2.45) is 0 Å². The fraction of sp³-hybridized carbons (Fsp3) is 0.0588. The number of aromatic nitrogens is 5. The second-order valence-corrected chi connectivity index (χ2v) is 7.44. The summed E-state index contributed by atoms with van der Waals surface area (Å²) in [7, 11) is 0. The first-order valence-corrected chi connectivity index (χ1v) is 9.43. The van der Waals surface area contributed by atoms with Crippen molar-refractivity contribution in [3.05, 3.63) is 65.1 Å². The van der Waals surface area contributed by atoms with E-state index < -0.39 is 0 Å². The van der Waals surface area contributed by atoms with Crippen LogP contribution < -0.4 is 0 Å². The van der Waals surface area contributed by atoms with Crippen molar-refractivity contribution in [3.8, 4) is 5.82 Å². The van der Waals surface area contributed by atoms with E-state index in [4.69, 9.17) is 4.74 Å². The van der Waals surface area contributed by atoms with Gasteiger partial charge in [0.25, 0.3) is 0 Å². The second kappa shape index (κ2) is 6.04. The number of hydrogen-bond donors (Lipinski definition) is 0. The third kappa shape index (κ3) is 2.57. The summed E-state index contributed by atoms with van der Waals surface area (Å²) in [5, 5.41) is 1.97. The van der Waals surface area contributed by atoms with Gasteiger partial charge in [-0.2, -0.15) is 0 Å². The number of esters is 1. The van der Waals surface area contributed by atoms with Gasteiger partial charge in [-0.1, -0.05) is 6.07 Å². The molecule has 5 rings (SSSR count). The molecule has 0 saturated carbocycles. The van der Waals surface area contributed by atoms with Gasteiger partial charge in [0.15, 0.2) is 4.96 Å². The van der Waals surface area contributed by atoms with E-state index in [1.165, 1.54) is 11.3 Å². The molecule has 0 unspecified atom stereocenters. The molecule has 7 nitrogen and oxygen atoms in total. The molecule has 0 aliphatic carbocycles. The molecule has 5 aromatic rings. The molecule has 0 aliphatic heterocycles. The highest BCUT2D eigenvalue weighted by Crippen LogP contribution is 2.28. The monoisotopic (exact) mass is 381 g/mol. The lowest BCUT2D eigenvalue weighted by atomic mass is 10.3. The number of nitrogens with zero attached hydrogens (tertiary/aromatic N) is 5. The van der Waals surface area contributed by atoms with Gasteiger partial charge in [-0.15, -0.1) is 22.7 Å². The number of fused-ring (bicyclic) bond motifs is 3. The highest BCUT2D eigenvalue weighted by Gasteiger charge is 2.16. The van der Waals surface area contributed by atoms with Gasteiger partial charge in [-0.3, -0.25) is 8.97 Å². The summed E-state index contributed by atoms with van der Waals surface area (Å²) in [6.07, 6.45) is 8.84. The van der Waals surface area contributed by atoms with Crippen molar-refractivity contribution < 1.29 is 9.53 Å². The number of carbonyl (C=O) groups excluding carboxylic acids is 1. The minimum Gasteiger partial charge on any atom is -0.457 e. The Labute approximate surface area is 155 Å². The zero-order valence-corrected chi connectivity index (χ0v) is 14.9. The van der Waals surface area contributed by atoms with E-state index in [1.54, 1.807) is 30.1 Å². The molecule has 5 aromatic heterocycles. The molecule has 26 heavy (non-hydrogen) atoms. The van der Waals surface area contributed by atoms with Crippen LogP contribution in [0.2, 0.25) is 0 Å². The maximum Gasteiger partial charge on any atom is 0.348 e. The number of thiophene rings is 1. The minimum absolute atomic E-state index is 0.173. The van der Waals surface area contributed by atoms with Crippen LogP contribution >= 0.6 is 22.7 Å². The third-order valence-corrected chi connectivity index (χ3v) is 5.64. The number of imidazole rings is 2. The number of thiazole rings is 1. The topological polar surface area (TPSA) is 74.3 Å². The fourth-order valence-electron chi connectivity index (χ4n) is 2.62. The fourth-order valence-corrected chi connectivity index (χ4v) is 4.31. The maximum atomic E-state index is 12.3. The van der Waals surface area contributed by atoms with Gasteiger partial charge in [0.1, 0.15) is 28.5 Å². The molecule has 0 radical (unpaired) electrons. The van der Waals surface area contributed by atoms with E-state index in [0.717, 1.165) is 26.7 Å². The van der Waals surface area contributed by atoms with Gasteiger partial charge in [0.2, 0.25) is 0 Å². The Bertz CT molecular complexity index is 1200. The van der Waals surface area contributed by atoms with E-state index >= 15 is 0 Å². The Balaban J connectivity index is 1.30. The number of pyridine rings is 1. The van der Waals surface area contributed by atoms with Crippen LogP contribution in [-0.4, -0.2) is 29.9 Å². The van der Waals surface area contributed by atoms with Crippen LogP contribution in [0.5, 0.6) is 0 Å². The van der Waals surface area contributed by atoms with E-state index in [1.807, 2.05) is 44.9 Å². The van der Waals surface area contributed by atoms with Crippen LogP contribution in [0.3, 0.4) is 0 Å². The largest absolute Gasteiger partial charge is 0.457 e. The van der Waals surface area contributed by atoms with Crippen LogP contribution in [0.25, 0.3) is 21.1 Å². The first kappa shape index (κ1) is 15.2. The Morgan fingerprint density at radius 1 is 1.27 bits per heavy atom. The Morgan fingerprint density at radius 3 is 3.04 bits per heavy atom. The van der Waals surface area contributed by atoms with Gasteiger partial charge in [-0.05, 0) is 12.1 Å². The predicted molar refractivity (Wildman–Crippen MR) is 98.9 cm³/mol. The second-order valence-electron chi connectivity index (χ2n) is 5.54. The van der Waals surface area contributed by atoms with Crippen molar-refractivity contribution in [1.29, 1.82) is 0 Å². The molecule has 5 heterocycles. The number of hydrogen-bond acceptors (Lipinski definition) is 7. The summed E-state index contributed by atoms with van der Waals surface area (Å²) < 4.78 is 9.20. The van der Waals surface area contributed by atoms with Crippen molar-refractivity contribution in [3.63, 3.8) is 0 Å². The maximum absolute atomic E-state index is 12.3. The number of carbonyl (C=O) groups is 1. The van der Waals surface area contributed by atoms with Crippen molar-refractivity contribution in [2.75, 3.05) is 0 Å². The molecular weight excluding hydrogens is 370 g/mol. The lowest BCUT2D eigenvalue weighted by Gasteiger charge is -2.05. The van der Waals surface area contributed by atoms with Crippen molar-refractivity contribution >= 4 is 44.0 Å². The van der Waals surface area contributed by atoms with Gasteiger partial charge < -0.3 is 4.74 Å². The van der Waals surface area contributed by atoms with Crippen molar-refractivity contribution in [1.82, 2.24) is 23.9 Å². The summed E-state index contributed by atoms with van der Waals surface area (Å²) in [6.45, 7) is 0.173. The van der Waals surface area contributed by atoms with Crippen LogP contribution in [0.4, 0.5) is 0 Å². The Kier molecular flexibility index (Phi) is 3.54. The molecule has 0 aliphatic rings. The van der Waals surface area contributed by atoms with Crippen LogP contribution in [0, 0.1) is 0 Å². The minimum atomic E-state index is -0.351. The van der Waals surface area contributed by atoms with Gasteiger partial charge in [-0.25, -0.2) is 19.7 Å². The van der Waals surface area contributed by atoms with E-state index in [9.17, 15) is 4.79 Å². The first-order valence-electron chi connectivity index (χ1n) is 7.73. The van der Waals surface area contributed by atoms with E-state index in [2.05, 4.69) is 15.0 Å². The molecule has 0 bridgehead atoms. The van der Waals surface area contributed by atoms with E-state index in [0.29, 0.717) is 4.88 Å². The molecular formula is C17H11N5O2S2. The Morgan fingerprint density at radius 2 is 2.23 bits per heavy atom. The summed E-state index contributed by atoms with van der Waals surface area (Å²) in [5.41, 5.74) is 1.76. The predicted octanol–water partition coefficient (Wildman–Crippen LogP) is 3.55. The Hall–Kier alpha value is -3.04. The molecule has 128 valence electrons. The summed E-state index contributed by atoms with van der Waals surface area (Å²) in [5.74, 6) is 0.410. The molecule has 0 amide bonds. The zero-order chi connectivity index (χ0) is 17.5. The first-order chi connectivity index (χ1) is 12.8. The molecule has 9 heteroatoms. The molecule has 0 saturated heterocycles. The van der Waals surface area contributed by atoms with Crippen LogP contribution in [0.15, 0.2) is 54.7 Å². The molecule has 0 spiro atoms. The normalized spacial score (nSPS) is 11.4. The number of rotatable bonds is 4. The molecule has 0 N–H and O–H groups in total.